The average molecular weight is 428 g/mol. The molecule has 1 aromatic carbocycles. The maximum atomic E-state index is 12.6. The maximum absolute atomic E-state index is 12.6. The van der Waals surface area contributed by atoms with Crippen LogP contribution in [0, 0.1) is 20.8 Å². The van der Waals surface area contributed by atoms with Gasteiger partial charge in [-0.2, -0.15) is 0 Å². The van der Waals surface area contributed by atoms with Crippen LogP contribution in [0.2, 0.25) is 0 Å². The minimum absolute atomic E-state index is 0.00381. The second-order valence-electron chi connectivity index (χ2n) is 7.48. The lowest BCUT2D eigenvalue weighted by molar-refractivity contribution is -0.115. The smallest absolute Gasteiger partial charge is 0.344 e. The summed E-state index contributed by atoms with van der Waals surface area (Å²) in [7, 11) is 0. The van der Waals surface area contributed by atoms with Gasteiger partial charge in [-0.25, -0.2) is 9.78 Å². The van der Waals surface area contributed by atoms with Crippen molar-refractivity contribution in [3.8, 4) is 0 Å². The summed E-state index contributed by atoms with van der Waals surface area (Å²) >= 11 is 1.32. The van der Waals surface area contributed by atoms with E-state index in [2.05, 4.69) is 10.1 Å². The normalized spacial score (nSPS) is 11.0. The molecule has 0 bridgehead atoms. The minimum atomic E-state index is -0.496. The molecule has 8 heteroatoms. The zero-order valence-corrected chi connectivity index (χ0v) is 18.8. The SMILES string of the molecule is CC(=O)N(c1ccc(C)c(C)c1)c1nc(COC(=O)c2c(C)noc2C(C)C)cs1. The lowest BCUT2D eigenvalue weighted by Gasteiger charge is -2.19. The van der Waals surface area contributed by atoms with E-state index >= 15 is 0 Å². The van der Waals surface area contributed by atoms with Crippen LogP contribution in [-0.2, 0) is 16.1 Å². The molecule has 2 heterocycles. The Hall–Kier alpha value is -3.00. The number of ether oxygens (including phenoxy) is 1. The molecular formula is C22H25N3O4S. The Bertz CT molecular complexity index is 1080. The lowest BCUT2D eigenvalue weighted by Crippen LogP contribution is -2.22. The molecule has 1 amide bonds. The van der Waals surface area contributed by atoms with E-state index in [0.29, 0.717) is 27.8 Å². The summed E-state index contributed by atoms with van der Waals surface area (Å²) in [5, 5.41) is 6.18. The van der Waals surface area contributed by atoms with Gasteiger partial charge in [-0.05, 0) is 44.0 Å². The van der Waals surface area contributed by atoms with Crippen LogP contribution < -0.4 is 4.90 Å². The highest BCUT2D eigenvalue weighted by molar-refractivity contribution is 7.14. The Morgan fingerprint density at radius 2 is 1.93 bits per heavy atom. The fraction of sp³-hybridized carbons (Fsp3) is 0.364. The first-order chi connectivity index (χ1) is 14.2. The summed E-state index contributed by atoms with van der Waals surface area (Å²) in [4.78, 5) is 30.9. The monoisotopic (exact) mass is 427 g/mol. The number of hydrogen-bond donors (Lipinski definition) is 0. The maximum Gasteiger partial charge on any atom is 0.344 e. The Kier molecular flexibility index (Phi) is 6.36. The van der Waals surface area contributed by atoms with Gasteiger partial charge in [0.2, 0.25) is 5.91 Å². The first-order valence-corrected chi connectivity index (χ1v) is 10.5. The van der Waals surface area contributed by atoms with E-state index in [-0.39, 0.29) is 18.4 Å². The molecule has 0 fully saturated rings. The van der Waals surface area contributed by atoms with Crippen molar-refractivity contribution in [3.63, 3.8) is 0 Å². The van der Waals surface area contributed by atoms with Crippen LogP contribution in [0.25, 0.3) is 0 Å². The number of esters is 1. The van der Waals surface area contributed by atoms with Gasteiger partial charge >= 0.3 is 5.97 Å². The second kappa shape index (κ2) is 8.79. The van der Waals surface area contributed by atoms with Crippen molar-refractivity contribution in [1.82, 2.24) is 10.1 Å². The molecule has 0 radical (unpaired) electrons. The molecule has 0 saturated carbocycles. The van der Waals surface area contributed by atoms with Crippen LogP contribution in [0.15, 0.2) is 28.1 Å². The predicted molar refractivity (Wildman–Crippen MR) is 115 cm³/mol. The molecule has 0 saturated heterocycles. The number of aromatic nitrogens is 2. The Morgan fingerprint density at radius 3 is 2.57 bits per heavy atom. The van der Waals surface area contributed by atoms with Crippen LogP contribution in [0.3, 0.4) is 0 Å². The minimum Gasteiger partial charge on any atom is -0.455 e. The Balaban J connectivity index is 1.77. The molecule has 0 atom stereocenters. The van der Waals surface area contributed by atoms with Crippen molar-refractivity contribution >= 4 is 34.0 Å². The molecule has 0 aliphatic heterocycles. The average Bonchev–Trinajstić information content (AvgIpc) is 3.29. The van der Waals surface area contributed by atoms with Gasteiger partial charge in [-0.1, -0.05) is 25.1 Å². The lowest BCUT2D eigenvalue weighted by atomic mass is 10.1. The van der Waals surface area contributed by atoms with Crippen LogP contribution in [0.4, 0.5) is 10.8 Å². The van der Waals surface area contributed by atoms with Gasteiger partial charge in [0.1, 0.15) is 12.2 Å². The summed E-state index contributed by atoms with van der Waals surface area (Å²) in [5.74, 6) is -0.113. The van der Waals surface area contributed by atoms with Gasteiger partial charge in [0.25, 0.3) is 0 Å². The van der Waals surface area contributed by atoms with Crippen molar-refractivity contribution in [3.05, 3.63) is 57.4 Å². The fourth-order valence-corrected chi connectivity index (χ4v) is 3.87. The van der Waals surface area contributed by atoms with Crippen LogP contribution in [-0.4, -0.2) is 22.0 Å². The fourth-order valence-electron chi connectivity index (χ4n) is 3.00. The van der Waals surface area contributed by atoms with Crippen molar-refractivity contribution in [2.75, 3.05) is 4.90 Å². The largest absolute Gasteiger partial charge is 0.455 e. The number of aryl methyl sites for hydroxylation is 3. The number of nitrogens with zero attached hydrogens (tertiary/aromatic N) is 3. The number of thiazole rings is 1. The molecular weight excluding hydrogens is 402 g/mol. The number of rotatable bonds is 6. The zero-order chi connectivity index (χ0) is 22.0. The van der Waals surface area contributed by atoms with E-state index < -0.39 is 5.97 Å². The number of benzene rings is 1. The third-order valence-corrected chi connectivity index (χ3v) is 5.64. The molecule has 7 nitrogen and oxygen atoms in total. The van der Waals surface area contributed by atoms with Crippen molar-refractivity contribution < 1.29 is 18.8 Å². The van der Waals surface area contributed by atoms with Crippen molar-refractivity contribution in [1.29, 1.82) is 0 Å². The first-order valence-electron chi connectivity index (χ1n) is 9.64. The van der Waals surface area contributed by atoms with Gasteiger partial charge in [-0.15, -0.1) is 11.3 Å². The van der Waals surface area contributed by atoms with Gasteiger partial charge in [-0.3, -0.25) is 9.69 Å². The van der Waals surface area contributed by atoms with Crippen LogP contribution >= 0.6 is 11.3 Å². The third-order valence-electron chi connectivity index (χ3n) is 4.76. The molecule has 0 unspecified atom stereocenters. The number of carbonyl (C=O) groups excluding carboxylic acids is 2. The molecule has 30 heavy (non-hydrogen) atoms. The molecule has 3 rings (SSSR count). The summed E-state index contributed by atoms with van der Waals surface area (Å²) < 4.78 is 10.7. The number of carbonyl (C=O) groups is 2. The van der Waals surface area contributed by atoms with E-state index in [1.54, 1.807) is 17.2 Å². The molecule has 158 valence electrons. The standard InChI is InChI=1S/C22H25N3O4S/c1-12(2)20-19(15(5)24-29-20)21(27)28-10-17-11-30-22(23-17)25(16(6)26)18-8-7-13(3)14(4)9-18/h7-9,11-12H,10H2,1-6H3. The zero-order valence-electron chi connectivity index (χ0n) is 18.0. The third kappa shape index (κ3) is 4.43. The molecule has 0 spiro atoms. The van der Waals surface area contributed by atoms with E-state index in [1.807, 2.05) is 45.9 Å². The summed E-state index contributed by atoms with van der Waals surface area (Å²) in [5.41, 5.74) is 4.43. The van der Waals surface area contributed by atoms with E-state index in [1.165, 1.54) is 18.3 Å². The molecule has 2 aromatic heterocycles. The van der Waals surface area contributed by atoms with Crippen molar-refractivity contribution in [2.24, 2.45) is 0 Å². The quantitative estimate of drug-likeness (QED) is 0.501. The summed E-state index contributed by atoms with van der Waals surface area (Å²) in [6, 6.07) is 5.83. The van der Waals surface area contributed by atoms with Crippen LogP contribution in [0.1, 0.15) is 65.3 Å². The number of hydrogen-bond acceptors (Lipinski definition) is 7. The van der Waals surface area contributed by atoms with E-state index in [0.717, 1.165) is 16.8 Å². The highest BCUT2D eigenvalue weighted by Crippen LogP contribution is 2.30. The van der Waals surface area contributed by atoms with Crippen LogP contribution in [0.5, 0.6) is 0 Å². The topological polar surface area (TPSA) is 85.5 Å². The van der Waals surface area contributed by atoms with Gasteiger partial charge < -0.3 is 9.26 Å². The highest BCUT2D eigenvalue weighted by Gasteiger charge is 2.24. The summed E-state index contributed by atoms with van der Waals surface area (Å²) in [6.45, 7) is 11.1. The number of anilines is 2. The van der Waals surface area contributed by atoms with Gasteiger partial charge in [0.15, 0.2) is 10.9 Å². The van der Waals surface area contributed by atoms with Gasteiger partial charge in [0, 0.05) is 18.2 Å². The Labute approximate surface area is 179 Å². The first kappa shape index (κ1) is 21.7. The summed E-state index contributed by atoms with van der Waals surface area (Å²) in [6.07, 6.45) is 0. The Morgan fingerprint density at radius 1 is 1.20 bits per heavy atom. The van der Waals surface area contributed by atoms with Crippen molar-refractivity contribution in [2.45, 2.75) is 54.1 Å². The molecule has 0 aliphatic rings. The molecule has 0 N–H and O–H groups in total. The van der Waals surface area contributed by atoms with Gasteiger partial charge in [0.05, 0.1) is 17.1 Å². The van der Waals surface area contributed by atoms with E-state index in [9.17, 15) is 9.59 Å². The van der Waals surface area contributed by atoms with E-state index in [4.69, 9.17) is 9.26 Å². The molecule has 3 aromatic rings. The molecule has 0 aliphatic carbocycles. The highest BCUT2D eigenvalue weighted by atomic mass is 32.1. The predicted octanol–water partition coefficient (Wildman–Crippen LogP) is 5.22. The second-order valence-corrected chi connectivity index (χ2v) is 8.32. The number of amides is 1.